The number of thiophene rings is 1. The predicted octanol–water partition coefficient (Wildman–Crippen LogP) is 30.1. The van der Waals surface area contributed by atoms with Crippen molar-refractivity contribution in [3.63, 3.8) is 0 Å². The minimum atomic E-state index is -3.01. The van der Waals surface area contributed by atoms with Gasteiger partial charge in [0, 0.05) is 27.5 Å². The van der Waals surface area contributed by atoms with Crippen molar-refractivity contribution in [3.8, 4) is 0 Å². The molecule has 5 aliphatic carbocycles. The van der Waals surface area contributed by atoms with Crippen LogP contribution in [-0.2, 0) is 12.3 Å². The molecule has 5 aliphatic rings. The van der Waals surface area contributed by atoms with E-state index in [1.165, 1.54) is 139 Å². The number of halogens is 8. The summed E-state index contributed by atoms with van der Waals surface area (Å²) >= 11 is 1.19. The summed E-state index contributed by atoms with van der Waals surface area (Å²) in [5, 5.41) is 2.82. The molecule has 99 heavy (non-hydrogen) atoms. The van der Waals surface area contributed by atoms with Gasteiger partial charge in [-0.25, -0.2) is 35.1 Å². The molecule has 3 fully saturated rings. The summed E-state index contributed by atoms with van der Waals surface area (Å²) in [7, 11) is 0. The summed E-state index contributed by atoms with van der Waals surface area (Å²) in [4.78, 5) is 0. The maximum Gasteiger partial charge on any atom is 0.279 e. The van der Waals surface area contributed by atoms with E-state index >= 15 is 0 Å². The highest BCUT2D eigenvalue weighted by molar-refractivity contribution is 7.25. The van der Waals surface area contributed by atoms with Crippen LogP contribution in [0.2, 0.25) is 0 Å². The molecule has 544 valence electrons. The topological polar surface area (TPSA) is 13.1 Å². The molecule has 0 N–H and O–H groups in total. The molecule has 0 amide bonds. The summed E-state index contributed by atoms with van der Waals surface area (Å²) in [5.74, 6) is 1.09. The molecule has 7 aromatic carbocycles. The van der Waals surface area contributed by atoms with Crippen LogP contribution in [-0.4, -0.2) is 0 Å². The molecule has 0 spiro atoms. The normalized spacial score (nSPS) is 21.0. The first-order valence-corrected chi connectivity index (χ1v) is 36.7. The van der Waals surface area contributed by atoms with Gasteiger partial charge in [-0.05, 0) is 187 Å². The predicted molar refractivity (Wildman–Crippen MR) is 412 cm³/mol. The van der Waals surface area contributed by atoms with Crippen LogP contribution in [0.25, 0.3) is 42.1 Å². The van der Waals surface area contributed by atoms with E-state index in [2.05, 4.69) is 99.6 Å². The smallest absolute Gasteiger partial charge is 0.279 e. The van der Waals surface area contributed by atoms with Gasteiger partial charge < -0.3 is 4.42 Å². The zero-order valence-electron chi connectivity index (χ0n) is 61.7. The van der Waals surface area contributed by atoms with Gasteiger partial charge in [-0.1, -0.05) is 267 Å². The average Bonchev–Trinajstić information content (AvgIpc) is 1.63. The first-order chi connectivity index (χ1) is 45.8. The number of rotatable bonds is 0. The van der Waals surface area contributed by atoms with Crippen LogP contribution < -0.4 is 0 Å². The summed E-state index contributed by atoms with van der Waals surface area (Å²) in [6.45, 7) is 36.3. The number of aryl methyl sites for hydroxylation is 9. The van der Waals surface area contributed by atoms with Gasteiger partial charge in [-0.15, -0.1) is 11.3 Å². The highest BCUT2D eigenvalue weighted by Gasteiger charge is 2.48. The van der Waals surface area contributed by atoms with Crippen LogP contribution in [0.5, 0.6) is 0 Å². The van der Waals surface area contributed by atoms with Gasteiger partial charge in [0.05, 0.1) is 15.0 Å². The summed E-state index contributed by atoms with van der Waals surface area (Å²) < 4.78 is 115. The van der Waals surface area contributed by atoms with Crippen LogP contribution in [0.3, 0.4) is 0 Å². The monoisotopic (exact) mass is 1390 g/mol. The van der Waals surface area contributed by atoms with E-state index in [9.17, 15) is 35.1 Å². The SMILES string of the molecule is C.C.CC1=CCC(C)CC1.CC1CCC(C)CC1.CC1CCC(C)CC1.CC1CCC(C)CC1.Cc1ccc(C)c(F)c1.Cc1ccc(C)cc1.Cc1ccc2c(c1F)C(F)(F)C(C)C2.Cc1ccc2c(oc3c(F)c(C)ccc32)c1F.Cc1ccc2c(sc3c(F)c(C)ccc32)c1F. The van der Waals surface area contributed by atoms with E-state index in [0.717, 1.165) is 57.8 Å². The van der Waals surface area contributed by atoms with Gasteiger partial charge in [-0.3, -0.25) is 0 Å². The third-order valence-electron chi connectivity index (χ3n) is 20.4. The second kappa shape index (κ2) is 39.8. The Bertz CT molecular complexity index is 3620. The molecule has 10 heteroatoms. The molecule has 0 radical (unpaired) electrons. The molecule has 9 aromatic rings. The van der Waals surface area contributed by atoms with Gasteiger partial charge in [-0.2, -0.15) is 0 Å². The summed E-state index contributed by atoms with van der Waals surface area (Å²) in [6, 6.07) is 30.9. The number of furan rings is 1. The minimum absolute atomic E-state index is 0. The van der Waals surface area contributed by atoms with Crippen LogP contribution in [0.4, 0.5) is 35.1 Å². The van der Waals surface area contributed by atoms with Gasteiger partial charge in [0.15, 0.2) is 22.8 Å². The highest BCUT2D eigenvalue weighted by atomic mass is 32.1. The van der Waals surface area contributed by atoms with E-state index in [1.807, 2.05) is 25.1 Å². The lowest BCUT2D eigenvalue weighted by Gasteiger charge is -2.22. The zero-order chi connectivity index (χ0) is 71.6. The van der Waals surface area contributed by atoms with Crippen LogP contribution in [0, 0.1) is 145 Å². The number of fused-ring (bicyclic) bond motifs is 7. The lowest BCUT2D eigenvalue weighted by Crippen LogP contribution is -2.19. The van der Waals surface area contributed by atoms with Crippen molar-refractivity contribution in [2.75, 3.05) is 0 Å². The molecule has 2 atom stereocenters. The number of benzene rings is 7. The fourth-order valence-electron chi connectivity index (χ4n) is 12.7. The minimum Gasteiger partial charge on any atom is -0.450 e. The molecular weight excluding hydrogens is 1270 g/mol. The largest absolute Gasteiger partial charge is 0.450 e. The molecule has 0 bridgehead atoms. The first-order valence-electron chi connectivity index (χ1n) is 35.9. The van der Waals surface area contributed by atoms with E-state index in [0.29, 0.717) is 53.6 Å². The van der Waals surface area contributed by atoms with Crippen molar-refractivity contribution in [1.82, 2.24) is 0 Å². The van der Waals surface area contributed by atoms with E-state index in [4.69, 9.17) is 4.42 Å². The van der Waals surface area contributed by atoms with Gasteiger partial charge in [0.1, 0.15) is 23.3 Å². The molecule has 2 heterocycles. The van der Waals surface area contributed by atoms with Crippen molar-refractivity contribution in [1.29, 1.82) is 0 Å². The van der Waals surface area contributed by atoms with Crippen LogP contribution >= 0.6 is 11.3 Å². The molecule has 1 nitrogen and oxygen atoms in total. The Morgan fingerprint density at radius 1 is 0.364 bits per heavy atom. The molecule has 2 aromatic heterocycles. The van der Waals surface area contributed by atoms with Crippen molar-refractivity contribution in [2.24, 2.45) is 47.3 Å². The molecule has 14 rings (SSSR count). The van der Waals surface area contributed by atoms with Crippen molar-refractivity contribution >= 4 is 53.4 Å². The zero-order valence-corrected chi connectivity index (χ0v) is 62.5. The third kappa shape index (κ3) is 24.5. The second-order valence-corrected chi connectivity index (χ2v) is 30.9. The lowest BCUT2D eigenvalue weighted by atomic mass is 9.84. The van der Waals surface area contributed by atoms with Crippen molar-refractivity contribution in [2.45, 2.75) is 248 Å². The first kappa shape index (κ1) is 85.2. The third-order valence-corrected chi connectivity index (χ3v) is 21.6. The Balaban J connectivity index is 0.000000241. The Hall–Kier alpha value is -6.26. The van der Waals surface area contributed by atoms with E-state index in [1.54, 1.807) is 94.8 Å². The van der Waals surface area contributed by atoms with Crippen LogP contribution in [0.15, 0.2) is 119 Å². The van der Waals surface area contributed by atoms with Gasteiger partial charge >= 0.3 is 0 Å². The molecule has 3 saturated carbocycles. The Labute approximate surface area is 596 Å². The van der Waals surface area contributed by atoms with Crippen molar-refractivity contribution < 1.29 is 39.5 Å². The second-order valence-electron chi connectivity index (χ2n) is 29.9. The van der Waals surface area contributed by atoms with E-state index in [-0.39, 0.29) is 61.0 Å². The maximum atomic E-state index is 14.0. The van der Waals surface area contributed by atoms with Gasteiger partial charge in [0.25, 0.3) is 5.92 Å². The standard InChI is InChI=1S/C14H10F2O.C14H10F2S.C11H11F3.C8H9F.3C8H16.C8H14.C8H10.2CH4/c2*1-7-3-5-9-10-6-4-8(2)12(16)14(10)17-13(9)11(7)15;1-6-3-4-8-5-7(2)11(13,14)9(8)10(6)12;1-6-3-4-7(2)8(9)5-6;5*1-7-3-5-8(2)6-4-7;;/h2*3-6H,1-2H3;3-4,7H,5H2,1-2H3;3-5H,1-2H3;3*7-8H,3-6H2,1-2H3;3,8H,4-6H2,1-2H3;3-6H,1-2H3;2*1H4. The maximum absolute atomic E-state index is 14.0. The Kier molecular flexibility index (Phi) is 34.2. The number of hydrogen-bond acceptors (Lipinski definition) is 2. The fourth-order valence-corrected chi connectivity index (χ4v) is 14.0. The quantitative estimate of drug-likeness (QED) is 0.109. The molecular formula is C89H120F8OS. The molecule has 2 unspecified atom stereocenters. The summed E-state index contributed by atoms with van der Waals surface area (Å²) in [6.07, 6.45) is 24.4. The highest BCUT2D eigenvalue weighted by Crippen LogP contribution is 2.47. The fraction of sp³-hybridized carbons (Fsp3) is 0.506. The molecule has 0 aliphatic heterocycles. The number of hydrogen-bond donors (Lipinski definition) is 0. The van der Waals surface area contributed by atoms with Crippen LogP contribution in [0.1, 0.15) is 235 Å². The number of alkyl halides is 2. The van der Waals surface area contributed by atoms with Gasteiger partial charge in [0.2, 0.25) is 0 Å². The average molecular weight is 1390 g/mol. The van der Waals surface area contributed by atoms with Crippen molar-refractivity contribution in [3.05, 3.63) is 211 Å². The number of allylic oxidation sites excluding steroid dienone is 2. The Morgan fingerprint density at radius 2 is 0.687 bits per heavy atom. The van der Waals surface area contributed by atoms with E-state index < -0.39 is 29.3 Å². The molecule has 0 saturated heterocycles. The summed E-state index contributed by atoms with van der Waals surface area (Å²) in [5.41, 5.74) is 8.72. The lowest BCUT2D eigenvalue weighted by molar-refractivity contribution is -0.0478. The Morgan fingerprint density at radius 3 is 1.02 bits per heavy atom.